The summed E-state index contributed by atoms with van der Waals surface area (Å²) in [7, 11) is 0. The van der Waals surface area contributed by atoms with E-state index in [1.807, 2.05) is 0 Å². The first-order chi connectivity index (χ1) is 9.27. The Labute approximate surface area is 115 Å². The number of hydrogen-bond acceptors (Lipinski definition) is 3. The largest absolute Gasteiger partial charge is 0.284 e. The fourth-order valence-electron chi connectivity index (χ4n) is 4.20. The van der Waals surface area contributed by atoms with Crippen molar-refractivity contribution in [1.29, 1.82) is 0 Å². The Kier molecular flexibility index (Phi) is 4.08. The molecule has 1 amide bonds. The van der Waals surface area contributed by atoms with Crippen LogP contribution in [0.25, 0.3) is 0 Å². The maximum atomic E-state index is 12.3. The van der Waals surface area contributed by atoms with Crippen LogP contribution in [0, 0.1) is 11.8 Å². The summed E-state index contributed by atoms with van der Waals surface area (Å²) in [6.07, 6.45) is 12.0. The molecule has 1 aliphatic heterocycles. The van der Waals surface area contributed by atoms with E-state index < -0.39 is 0 Å². The molecule has 2 aliphatic carbocycles. The molecule has 2 N–H and O–H groups in total. The zero-order valence-corrected chi connectivity index (χ0v) is 11.7. The van der Waals surface area contributed by atoms with Gasteiger partial charge in [-0.1, -0.05) is 38.5 Å². The molecule has 0 aromatic rings. The standard InChI is InChI=1S/C15H26N2O2/c18-15-13(11-7-3-1-4-8-11)16-14(17(15)19)12-9-5-2-6-10-12/h11-14,16,19H,1-10H2/t13-,14+/m0/s1. The Morgan fingerprint density at radius 2 is 1.42 bits per heavy atom. The van der Waals surface area contributed by atoms with Crippen molar-refractivity contribution in [3.05, 3.63) is 0 Å². The van der Waals surface area contributed by atoms with Crippen LogP contribution in [0.1, 0.15) is 64.2 Å². The summed E-state index contributed by atoms with van der Waals surface area (Å²) in [6, 6.07) is -0.128. The smallest absolute Gasteiger partial charge is 0.264 e. The highest BCUT2D eigenvalue weighted by Gasteiger charge is 2.45. The second-order valence-corrected chi connectivity index (χ2v) is 6.57. The minimum absolute atomic E-state index is 0.0810. The predicted molar refractivity (Wildman–Crippen MR) is 72.5 cm³/mol. The average Bonchev–Trinajstić information content (AvgIpc) is 2.77. The Morgan fingerprint density at radius 1 is 0.895 bits per heavy atom. The molecule has 1 heterocycles. The average molecular weight is 266 g/mol. The van der Waals surface area contributed by atoms with E-state index in [9.17, 15) is 10.0 Å². The third kappa shape index (κ3) is 2.65. The van der Waals surface area contributed by atoms with E-state index in [1.165, 1.54) is 38.5 Å². The number of amides is 1. The second kappa shape index (κ2) is 5.80. The summed E-state index contributed by atoms with van der Waals surface area (Å²) in [6.45, 7) is 0. The van der Waals surface area contributed by atoms with Crippen LogP contribution in [0.3, 0.4) is 0 Å². The van der Waals surface area contributed by atoms with E-state index in [4.69, 9.17) is 0 Å². The molecule has 0 bridgehead atoms. The highest BCUT2D eigenvalue weighted by Crippen LogP contribution is 2.34. The van der Waals surface area contributed by atoms with Crippen molar-refractivity contribution in [1.82, 2.24) is 10.4 Å². The van der Waals surface area contributed by atoms with Gasteiger partial charge in [-0.05, 0) is 37.5 Å². The number of carbonyl (C=O) groups excluding carboxylic acids is 1. The van der Waals surface area contributed by atoms with Gasteiger partial charge >= 0.3 is 0 Å². The van der Waals surface area contributed by atoms with Crippen LogP contribution in [0.4, 0.5) is 0 Å². The minimum atomic E-state index is -0.128. The number of hydrogen-bond donors (Lipinski definition) is 2. The van der Waals surface area contributed by atoms with Gasteiger partial charge in [-0.2, -0.15) is 0 Å². The van der Waals surface area contributed by atoms with E-state index in [2.05, 4.69) is 5.32 Å². The lowest BCUT2D eigenvalue weighted by atomic mass is 9.83. The van der Waals surface area contributed by atoms with Gasteiger partial charge in [0.1, 0.15) is 6.17 Å². The van der Waals surface area contributed by atoms with Gasteiger partial charge in [-0.15, -0.1) is 0 Å². The topological polar surface area (TPSA) is 52.6 Å². The van der Waals surface area contributed by atoms with Crippen LogP contribution in [0.5, 0.6) is 0 Å². The Hall–Kier alpha value is -0.610. The molecule has 0 radical (unpaired) electrons. The van der Waals surface area contributed by atoms with Crippen molar-refractivity contribution >= 4 is 5.91 Å². The fourth-order valence-corrected chi connectivity index (χ4v) is 4.20. The number of rotatable bonds is 2. The van der Waals surface area contributed by atoms with Crippen molar-refractivity contribution in [3.63, 3.8) is 0 Å². The third-order valence-corrected chi connectivity index (χ3v) is 5.32. The van der Waals surface area contributed by atoms with Gasteiger partial charge < -0.3 is 0 Å². The molecule has 0 unspecified atom stereocenters. The van der Waals surface area contributed by atoms with E-state index in [0.29, 0.717) is 11.8 Å². The lowest BCUT2D eigenvalue weighted by molar-refractivity contribution is -0.172. The summed E-state index contributed by atoms with van der Waals surface area (Å²) in [5.74, 6) is 0.795. The minimum Gasteiger partial charge on any atom is -0.284 e. The molecular weight excluding hydrogens is 240 g/mol. The maximum Gasteiger partial charge on any atom is 0.264 e. The number of nitrogens with one attached hydrogen (secondary N) is 1. The monoisotopic (exact) mass is 266 g/mol. The fraction of sp³-hybridized carbons (Fsp3) is 0.933. The van der Waals surface area contributed by atoms with Crippen molar-refractivity contribution in [2.45, 2.75) is 76.4 Å². The van der Waals surface area contributed by atoms with Crippen LogP contribution in [-0.2, 0) is 4.79 Å². The van der Waals surface area contributed by atoms with E-state index in [-0.39, 0.29) is 18.1 Å². The van der Waals surface area contributed by atoms with Crippen LogP contribution < -0.4 is 5.32 Å². The summed E-state index contributed by atoms with van der Waals surface area (Å²) >= 11 is 0. The van der Waals surface area contributed by atoms with E-state index in [1.54, 1.807) is 0 Å². The molecule has 3 aliphatic rings. The molecule has 19 heavy (non-hydrogen) atoms. The molecule has 0 aromatic heterocycles. The SMILES string of the molecule is O=C1[C@H](C2CCCCC2)N[C@@H](C2CCCCC2)N1O. The predicted octanol–water partition coefficient (Wildman–Crippen LogP) is 2.66. The highest BCUT2D eigenvalue weighted by molar-refractivity contribution is 5.83. The first-order valence-corrected chi connectivity index (χ1v) is 8.05. The summed E-state index contributed by atoms with van der Waals surface area (Å²) in [4.78, 5) is 12.3. The van der Waals surface area contributed by atoms with E-state index in [0.717, 1.165) is 30.7 Å². The molecule has 1 saturated heterocycles. The first-order valence-electron chi connectivity index (χ1n) is 8.05. The molecule has 0 aromatic carbocycles. The van der Waals surface area contributed by atoms with Crippen LogP contribution >= 0.6 is 0 Å². The Bertz CT molecular complexity index is 322. The summed E-state index contributed by atoms with van der Waals surface area (Å²) in [5, 5.41) is 14.6. The quantitative estimate of drug-likeness (QED) is 0.756. The molecule has 3 rings (SSSR count). The van der Waals surface area contributed by atoms with Crippen molar-refractivity contribution in [2.75, 3.05) is 0 Å². The van der Waals surface area contributed by atoms with Crippen molar-refractivity contribution in [2.24, 2.45) is 11.8 Å². The van der Waals surface area contributed by atoms with Crippen molar-refractivity contribution < 1.29 is 10.0 Å². The molecule has 4 nitrogen and oxygen atoms in total. The molecule has 108 valence electrons. The Morgan fingerprint density at radius 3 is 2.00 bits per heavy atom. The summed E-state index contributed by atoms with van der Waals surface area (Å²) in [5.41, 5.74) is 0. The van der Waals surface area contributed by atoms with Crippen LogP contribution in [0.2, 0.25) is 0 Å². The number of nitrogens with zero attached hydrogens (tertiary/aromatic N) is 1. The molecule has 2 atom stereocenters. The molecule has 3 fully saturated rings. The molecular formula is C15H26N2O2. The number of carbonyl (C=O) groups is 1. The first kappa shape index (κ1) is 13.4. The normalized spacial score (nSPS) is 35.0. The van der Waals surface area contributed by atoms with Gasteiger partial charge in [0.25, 0.3) is 5.91 Å². The van der Waals surface area contributed by atoms with Gasteiger partial charge in [0.2, 0.25) is 0 Å². The van der Waals surface area contributed by atoms with Gasteiger partial charge in [0, 0.05) is 0 Å². The molecule has 4 heteroatoms. The Balaban J connectivity index is 1.66. The second-order valence-electron chi connectivity index (χ2n) is 6.57. The van der Waals surface area contributed by atoms with Gasteiger partial charge in [0.05, 0.1) is 6.04 Å². The lowest BCUT2D eigenvalue weighted by Gasteiger charge is -2.30. The number of hydroxylamine groups is 2. The third-order valence-electron chi connectivity index (χ3n) is 5.32. The zero-order chi connectivity index (χ0) is 13.2. The van der Waals surface area contributed by atoms with Gasteiger partial charge in [0.15, 0.2) is 0 Å². The zero-order valence-electron chi connectivity index (χ0n) is 11.7. The van der Waals surface area contributed by atoms with Crippen LogP contribution in [0.15, 0.2) is 0 Å². The molecule has 0 spiro atoms. The van der Waals surface area contributed by atoms with Crippen molar-refractivity contribution in [3.8, 4) is 0 Å². The maximum absolute atomic E-state index is 12.3. The molecule has 2 saturated carbocycles. The van der Waals surface area contributed by atoms with Gasteiger partial charge in [-0.25, -0.2) is 5.06 Å². The summed E-state index contributed by atoms with van der Waals surface area (Å²) < 4.78 is 0. The van der Waals surface area contributed by atoms with Crippen LogP contribution in [-0.4, -0.2) is 28.4 Å². The highest BCUT2D eigenvalue weighted by atomic mass is 16.5. The van der Waals surface area contributed by atoms with E-state index >= 15 is 0 Å². The lowest BCUT2D eigenvalue weighted by Crippen LogP contribution is -2.43. The van der Waals surface area contributed by atoms with Gasteiger partial charge in [-0.3, -0.25) is 15.3 Å².